The van der Waals surface area contributed by atoms with E-state index in [1.807, 2.05) is 36.8 Å². The van der Waals surface area contributed by atoms with Gasteiger partial charge in [0.2, 0.25) is 0 Å². The van der Waals surface area contributed by atoms with E-state index in [2.05, 4.69) is 50.9 Å². The Morgan fingerprint density at radius 3 is 2.87 bits per heavy atom. The molecule has 2 aromatic carbocycles. The fourth-order valence-electron chi connectivity index (χ4n) is 4.09. The van der Waals surface area contributed by atoms with Crippen LogP contribution in [0, 0.1) is 0 Å². The molecule has 1 atom stereocenters. The van der Waals surface area contributed by atoms with Crippen LogP contribution in [0.2, 0.25) is 0 Å². The predicted molar refractivity (Wildman–Crippen MR) is 125 cm³/mol. The third-order valence-corrected chi connectivity index (χ3v) is 5.69. The van der Waals surface area contributed by atoms with Crippen LogP contribution in [-0.4, -0.2) is 35.2 Å². The van der Waals surface area contributed by atoms with Crippen molar-refractivity contribution in [3.8, 4) is 5.75 Å². The van der Waals surface area contributed by atoms with Gasteiger partial charge in [0.05, 0.1) is 7.11 Å². The van der Waals surface area contributed by atoms with Crippen LogP contribution in [0.3, 0.4) is 0 Å². The summed E-state index contributed by atoms with van der Waals surface area (Å²) in [5.41, 5.74) is 10.5. The second-order valence-corrected chi connectivity index (χ2v) is 7.92. The number of aromatic amines is 2. The fourth-order valence-corrected chi connectivity index (χ4v) is 4.09. The van der Waals surface area contributed by atoms with Crippen LogP contribution >= 0.6 is 0 Å². The molecule has 2 aromatic heterocycles. The van der Waals surface area contributed by atoms with Crippen LogP contribution in [0.15, 0.2) is 72.1 Å². The lowest BCUT2D eigenvalue weighted by atomic mass is 9.98. The molecule has 1 aliphatic rings. The van der Waals surface area contributed by atoms with Gasteiger partial charge >= 0.3 is 0 Å². The van der Waals surface area contributed by atoms with Crippen molar-refractivity contribution >= 4 is 27.8 Å². The van der Waals surface area contributed by atoms with E-state index < -0.39 is 5.66 Å². The zero-order valence-electron chi connectivity index (χ0n) is 17.4. The quantitative estimate of drug-likeness (QED) is 0.334. The number of hydrogen-bond donors (Lipinski definition) is 5. The number of H-pyrrole nitrogens is 2. The molecule has 6 N–H and O–H groups in total. The maximum Gasteiger partial charge on any atom is 0.197 e. The third-order valence-electron chi connectivity index (χ3n) is 5.69. The molecule has 1 aliphatic heterocycles. The zero-order valence-corrected chi connectivity index (χ0v) is 17.4. The smallest absolute Gasteiger partial charge is 0.197 e. The molecule has 0 fully saturated rings. The molecule has 158 valence electrons. The Morgan fingerprint density at radius 2 is 1.97 bits per heavy atom. The lowest BCUT2D eigenvalue weighted by Crippen LogP contribution is -2.61. The van der Waals surface area contributed by atoms with Crippen LogP contribution in [0.1, 0.15) is 11.1 Å². The van der Waals surface area contributed by atoms with Gasteiger partial charge in [0.25, 0.3) is 0 Å². The lowest BCUT2D eigenvalue weighted by molar-refractivity contribution is 0.415. The molecule has 0 radical (unpaired) electrons. The van der Waals surface area contributed by atoms with Crippen LogP contribution in [-0.2, 0) is 12.8 Å². The minimum atomic E-state index is -0.692. The SMILES string of the molecule is COc1ccc2[nH]cc(CCN=C3NC=CC(N)(Cc4ccc5[nH]ccc5c4)N3)c2c1. The number of aliphatic imine (C=N–C) groups is 1. The largest absolute Gasteiger partial charge is 0.497 e. The van der Waals surface area contributed by atoms with Crippen LogP contribution in [0.25, 0.3) is 21.8 Å². The van der Waals surface area contributed by atoms with Gasteiger partial charge in [-0.15, -0.1) is 0 Å². The van der Waals surface area contributed by atoms with E-state index in [4.69, 9.17) is 15.5 Å². The van der Waals surface area contributed by atoms with Crippen molar-refractivity contribution in [3.05, 3.63) is 78.3 Å². The first-order chi connectivity index (χ1) is 15.1. The van der Waals surface area contributed by atoms with Gasteiger partial charge in [0, 0.05) is 48.0 Å². The minimum absolute atomic E-state index is 0.638. The van der Waals surface area contributed by atoms with Crippen molar-refractivity contribution in [1.82, 2.24) is 20.6 Å². The molecular formula is C24H26N6O. The summed E-state index contributed by atoms with van der Waals surface area (Å²) in [6, 6.07) is 14.5. The Balaban J connectivity index is 1.26. The van der Waals surface area contributed by atoms with Crippen molar-refractivity contribution in [2.24, 2.45) is 10.7 Å². The summed E-state index contributed by atoms with van der Waals surface area (Å²) in [6.45, 7) is 0.638. The number of fused-ring (bicyclic) bond motifs is 2. The predicted octanol–water partition coefficient (Wildman–Crippen LogP) is 3.16. The first-order valence-electron chi connectivity index (χ1n) is 10.4. The van der Waals surface area contributed by atoms with E-state index in [1.165, 1.54) is 16.5 Å². The minimum Gasteiger partial charge on any atom is -0.497 e. The first kappa shape index (κ1) is 19.3. The first-order valence-corrected chi connectivity index (χ1v) is 10.4. The summed E-state index contributed by atoms with van der Waals surface area (Å²) in [4.78, 5) is 11.2. The summed E-state index contributed by atoms with van der Waals surface area (Å²) < 4.78 is 5.35. The highest BCUT2D eigenvalue weighted by molar-refractivity contribution is 5.85. The molecule has 0 saturated heterocycles. The number of nitrogens with one attached hydrogen (secondary N) is 4. The van der Waals surface area contributed by atoms with E-state index >= 15 is 0 Å². The van der Waals surface area contributed by atoms with E-state index in [0.29, 0.717) is 18.9 Å². The Bertz CT molecular complexity index is 1280. The Hall–Kier alpha value is -3.71. The number of benzene rings is 2. The van der Waals surface area contributed by atoms with E-state index in [0.717, 1.165) is 28.6 Å². The van der Waals surface area contributed by atoms with Crippen molar-refractivity contribution < 1.29 is 4.74 Å². The van der Waals surface area contributed by atoms with Gasteiger partial charge in [-0.2, -0.15) is 0 Å². The number of nitrogens with zero attached hydrogens (tertiary/aromatic N) is 1. The van der Waals surface area contributed by atoms with Gasteiger partial charge in [-0.05, 0) is 65.4 Å². The van der Waals surface area contributed by atoms with Gasteiger partial charge in [0.15, 0.2) is 5.96 Å². The third kappa shape index (κ3) is 4.00. The molecule has 3 heterocycles. The highest BCUT2D eigenvalue weighted by Gasteiger charge is 2.26. The summed E-state index contributed by atoms with van der Waals surface area (Å²) in [6.07, 6.45) is 9.26. The summed E-state index contributed by atoms with van der Waals surface area (Å²) in [7, 11) is 1.68. The van der Waals surface area contributed by atoms with Crippen molar-refractivity contribution in [2.45, 2.75) is 18.5 Å². The topological polar surface area (TPSA) is 103 Å². The molecule has 0 amide bonds. The van der Waals surface area contributed by atoms with E-state index in [1.54, 1.807) is 7.11 Å². The molecule has 4 aromatic rings. The Kier molecular flexibility index (Phi) is 4.88. The van der Waals surface area contributed by atoms with Gasteiger partial charge in [-0.25, -0.2) is 0 Å². The highest BCUT2D eigenvalue weighted by atomic mass is 16.5. The lowest BCUT2D eigenvalue weighted by Gasteiger charge is -2.32. The monoisotopic (exact) mass is 414 g/mol. The second-order valence-electron chi connectivity index (χ2n) is 7.92. The van der Waals surface area contributed by atoms with Crippen molar-refractivity contribution in [3.63, 3.8) is 0 Å². The molecule has 7 heteroatoms. The fraction of sp³-hybridized carbons (Fsp3) is 0.208. The number of guanidine groups is 1. The van der Waals surface area contributed by atoms with Gasteiger partial charge in [0.1, 0.15) is 11.4 Å². The molecule has 5 rings (SSSR count). The second kappa shape index (κ2) is 7.85. The summed E-state index contributed by atoms with van der Waals surface area (Å²) in [5.74, 6) is 1.54. The molecule has 31 heavy (non-hydrogen) atoms. The van der Waals surface area contributed by atoms with Gasteiger partial charge in [-0.1, -0.05) is 6.07 Å². The molecule has 0 aliphatic carbocycles. The summed E-state index contributed by atoms with van der Waals surface area (Å²) in [5, 5.41) is 8.86. The number of methoxy groups -OCH3 is 1. The molecule has 0 saturated carbocycles. The summed E-state index contributed by atoms with van der Waals surface area (Å²) >= 11 is 0. The Labute approximate surface area is 180 Å². The number of nitrogens with two attached hydrogens (primary N) is 1. The number of aromatic nitrogens is 2. The molecule has 1 unspecified atom stereocenters. The van der Waals surface area contributed by atoms with Gasteiger partial charge < -0.3 is 31.1 Å². The van der Waals surface area contributed by atoms with Crippen LogP contribution < -0.4 is 21.1 Å². The Morgan fingerprint density at radius 1 is 1.06 bits per heavy atom. The van der Waals surface area contributed by atoms with Crippen LogP contribution in [0.4, 0.5) is 0 Å². The number of rotatable bonds is 6. The van der Waals surface area contributed by atoms with Crippen LogP contribution in [0.5, 0.6) is 5.75 Å². The number of hydrogen-bond acceptors (Lipinski definition) is 3. The number of ether oxygens (including phenoxy) is 1. The average Bonchev–Trinajstić information content (AvgIpc) is 3.39. The maximum atomic E-state index is 6.63. The molecule has 0 bridgehead atoms. The molecular weight excluding hydrogens is 388 g/mol. The zero-order chi connectivity index (χ0) is 21.3. The normalized spacial score (nSPS) is 19.6. The average molecular weight is 415 g/mol. The molecule has 7 nitrogen and oxygen atoms in total. The van der Waals surface area contributed by atoms with E-state index in [-0.39, 0.29) is 0 Å². The van der Waals surface area contributed by atoms with Crippen molar-refractivity contribution in [1.29, 1.82) is 0 Å². The van der Waals surface area contributed by atoms with Gasteiger partial charge in [-0.3, -0.25) is 4.99 Å². The maximum absolute atomic E-state index is 6.63. The standard InChI is InChI=1S/C24H26N6O/c1-31-19-3-5-22-20(13-19)18(15-29-22)7-10-27-23-28-11-8-24(25,30-23)14-16-2-4-21-17(12-16)6-9-26-21/h2-6,8-9,11-13,15,26,29H,7,10,14,25H2,1H3,(H2,27,28,30). The van der Waals surface area contributed by atoms with Crippen molar-refractivity contribution in [2.75, 3.05) is 13.7 Å². The van der Waals surface area contributed by atoms with E-state index in [9.17, 15) is 0 Å². The highest BCUT2D eigenvalue weighted by Crippen LogP contribution is 2.24. The molecule has 0 spiro atoms.